The van der Waals surface area contributed by atoms with E-state index in [1.807, 2.05) is 18.2 Å². The Labute approximate surface area is 84.3 Å². The van der Waals surface area contributed by atoms with Crippen molar-refractivity contribution in [2.45, 2.75) is 19.8 Å². The molecule has 2 heteroatoms. The first-order valence-corrected chi connectivity index (χ1v) is 4.99. The van der Waals surface area contributed by atoms with Gasteiger partial charge in [0.05, 0.1) is 0 Å². The number of nitrogens with one attached hydrogen (secondary N) is 1. The van der Waals surface area contributed by atoms with Crippen LogP contribution in [-0.4, -0.2) is 12.5 Å². The fourth-order valence-corrected chi connectivity index (χ4v) is 2.04. The molecule has 0 aliphatic carbocycles. The highest BCUT2D eigenvalue weighted by molar-refractivity contribution is 5.79. The molecule has 1 amide bonds. The number of hydrogen-bond acceptors (Lipinski definition) is 1. The van der Waals surface area contributed by atoms with Crippen LogP contribution in [0.2, 0.25) is 0 Å². The van der Waals surface area contributed by atoms with Gasteiger partial charge >= 0.3 is 0 Å². The summed E-state index contributed by atoms with van der Waals surface area (Å²) in [4.78, 5) is 11.1. The zero-order valence-corrected chi connectivity index (χ0v) is 8.42. The van der Waals surface area contributed by atoms with Crippen molar-refractivity contribution in [3.05, 3.63) is 35.9 Å². The summed E-state index contributed by atoms with van der Waals surface area (Å²) in [5.74, 6) is 0.184. The molecule has 1 aromatic rings. The van der Waals surface area contributed by atoms with Crippen LogP contribution >= 0.6 is 0 Å². The minimum atomic E-state index is 0.110. The normalized spacial score (nSPS) is 26.2. The molecule has 0 bridgehead atoms. The second-order valence-corrected chi connectivity index (χ2v) is 4.43. The summed E-state index contributed by atoms with van der Waals surface area (Å²) in [6, 6.07) is 10.3. The maximum atomic E-state index is 11.1. The van der Waals surface area contributed by atoms with Crippen LogP contribution < -0.4 is 5.32 Å². The molecule has 1 aliphatic heterocycles. The van der Waals surface area contributed by atoms with Crippen LogP contribution in [-0.2, 0) is 11.2 Å². The van der Waals surface area contributed by atoms with Gasteiger partial charge in [0.2, 0.25) is 5.91 Å². The van der Waals surface area contributed by atoms with Crippen molar-refractivity contribution >= 4 is 5.91 Å². The van der Waals surface area contributed by atoms with Crippen LogP contribution in [0.15, 0.2) is 30.3 Å². The van der Waals surface area contributed by atoms with Gasteiger partial charge in [-0.2, -0.15) is 0 Å². The quantitative estimate of drug-likeness (QED) is 0.754. The third kappa shape index (κ3) is 1.95. The topological polar surface area (TPSA) is 29.1 Å². The van der Waals surface area contributed by atoms with E-state index in [9.17, 15) is 4.79 Å². The molecule has 74 valence electrons. The van der Waals surface area contributed by atoms with Crippen molar-refractivity contribution in [3.8, 4) is 0 Å². The first-order chi connectivity index (χ1) is 6.68. The lowest BCUT2D eigenvalue weighted by Gasteiger charge is -2.20. The van der Waals surface area contributed by atoms with E-state index in [0.29, 0.717) is 6.42 Å². The maximum absolute atomic E-state index is 11.1. The monoisotopic (exact) mass is 189 g/mol. The Morgan fingerprint density at radius 2 is 2.07 bits per heavy atom. The minimum absolute atomic E-state index is 0.110. The Morgan fingerprint density at radius 3 is 2.64 bits per heavy atom. The van der Waals surface area contributed by atoms with Gasteiger partial charge in [-0.15, -0.1) is 0 Å². The Morgan fingerprint density at radius 1 is 1.36 bits per heavy atom. The smallest absolute Gasteiger partial charge is 0.220 e. The highest BCUT2D eigenvalue weighted by Crippen LogP contribution is 2.29. The molecule has 1 fully saturated rings. The lowest BCUT2D eigenvalue weighted by molar-refractivity contribution is -0.119. The number of amides is 1. The molecule has 14 heavy (non-hydrogen) atoms. The predicted octanol–water partition coefficient (Wildman–Crippen LogP) is 1.76. The third-order valence-corrected chi connectivity index (χ3v) is 2.77. The van der Waals surface area contributed by atoms with Gasteiger partial charge in [-0.1, -0.05) is 37.3 Å². The zero-order valence-electron chi connectivity index (χ0n) is 8.42. The molecule has 1 aromatic carbocycles. The van der Waals surface area contributed by atoms with E-state index >= 15 is 0 Å². The summed E-state index contributed by atoms with van der Waals surface area (Å²) in [6.07, 6.45) is 1.63. The van der Waals surface area contributed by atoms with Gasteiger partial charge < -0.3 is 5.32 Å². The number of hydrogen-bond donors (Lipinski definition) is 1. The standard InChI is InChI=1S/C12H15NO/c1-12(8-11(14)13-9-12)7-10-5-3-2-4-6-10/h2-6H,7-9H2,1H3,(H,13,14)/t12-/m0/s1. The molecule has 0 spiro atoms. The highest BCUT2D eigenvalue weighted by atomic mass is 16.1. The Kier molecular flexibility index (Phi) is 2.28. The van der Waals surface area contributed by atoms with Crippen LogP contribution in [0.4, 0.5) is 0 Å². The maximum Gasteiger partial charge on any atom is 0.220 e. The van der Waals surface area contributed by atoms with Crippen molar-refractivity contribution in [2.24, 2.45) is 5.41 Å². The summed E-state index contributed by atoms with van der Waals surface area (Å²) >= 11 is 0. The van der Waals surface area contributed by atoms with E-state index in [0.717, 1.165) is 13.0 Å². The molecule has 0 radical (unpaired) electrons. The average Bonchev–Trinajstić information content (AvgIpc) is 2.47. The molecular formula is C12H15NO. The molecule has 0 aromatic heterocycles. The zero-order chi connectivity index (χ0) is 10.0. The van der Waals surface area contributed by atoms with Crippen LogP contribution in [0, 0.1) is 5.41 Å². The van der Waals surface area contributed by atoms with E-state index in [4.69, 9.17) is 0 Å². The first kappa shape index (κ1) is 9.25. The van der Waals surface area contributed by atoms with E-state index in [1.54, 1.807) is 0 Å². The lowest BCUT2D eigenvalue weighted by atomic mass is 9.83. The van der Waals surface area contributed by atoms with Gasteiger partial charge in [0.1, 0.15) is 0 Å². The molecule has 2 nitrogen and oxygen atoms in total. The van der Waals surface area contributed by atoms with Gasteiger partial charge in [0, 0.05) is 13.0 Å². The third-order valence-electron chi connectivity index (χ3n) is 2.77. The molecule has 1 aliphatic rings. The molecule has 0 unspecified atom stereocenters. The molecule has 0 saturated carbocycles. The van der Waals surface area contributed by atoms with Gasteiger partial charge in [-0.3, -0.25) is 4.79 Å². The number of benzene rings is 1. The summed E-state index contributed by atoms with van der Waals surface area (Å²) in [6.45, 7) is 2.97. The van der Waals surface area contributed by atoms with Gasteiger partial charge in [0.15, 0.2) is 0 Å². The van der Waals surface area contributed by atoms with E-state index < -0.39 is 0 Å². The van der Waals surface area contributed by atoms with Crippen LogP contribution in [0.3, 0.4) is 0 Å². The second-order valence-electron chi connectivity index (χ2n) is 4.43. The summed E-state index contributed by atoms with van der Waals surface area (Å²) in [5.41, 5.74) is 1.42. The van der Waals surface area contributed by atoms with Gasteiger partial charge in [0.25, 0.3) is 0 Å². The average molecular weight is 189 g/mol. The molecule has 1 atom stereocenters. The molecule has 1 saturated heterocycles. The number of carbonyl (C=O) groups excluding carboxylic acids is 1. The molecule has 1 heterocycles. The molecule has 2 rings (SSSR count). The first-order valence-electron chi connectivity index (χ1n) is 4.99. The second kappa shape index (κ2) is 3.45. The van der Waals surface area contributed by atoms with Crippen LogP contribution in [0.25, 0.3) is 0 Å². The fraction of sp³-hybridized carbons (Fsp3) is 0.417. The predicted molar refractivity (Wildman–Crippen MR) is 55.9 cm³/mol. The van der Waals surface area contributed by atoms with Crippen molar-refractivity contribution in [1.29, 1.82) is 0 Å². The SMILES string of the molecule is C[C@@]1(Cc2ccccc2)CNC(=O)C1. The largest absolute Gasteiger partial charge is 0.356 e. The molecule has 1 N–H and O–H groups in total. The Hall–Kier alpha value is -1.31. The van der Waals surface area contributed by atoms with E-state index in [2.05, 4.69) is 24.4 Å². The van der Waals surface area contributed by atoms with Gasteiger partial charge in [-0.05, 0) is 17.4 Å². The lowest BCUT2D eigenvalue weighted by Crippen LogP contribution is -2.22. The van der Waals surface area contributed by atoms with Crippen molar-refractivity contribution in [1.82, 2.24) is 5.32 Å². The Balaban J connectivity index is 2.08. The van der Waals surface area contributed by atoms with Crippen molar-refractivity contribution in [3.63, 3.8) is 0 Å². The minimum Gasteiger partial charge on any atom is -0.356 e. The van der Waals surface area contributed by atoms with Gasteiger partial charge in [-0.25, -0.2) is 0 Å². The highest BCUT2D eigenvalue weighted by Gasteiger charge is 2.33. The van der Waals surface area contributed by atoms with E-state index in [1.165, 1.54) is 5.56 Å². The van der Waals surface area contributed by atoms with Crippen LogP contribution in [0.5, 0.6) is 0 Å². The van der Waals surface area contributed by atoms with Crippen molar-refractivity contribution < 1.29 is 4.79 Å². The summed E-state index contributed by atoms with van der Waals surface area (Å²) in [7, 11) is 0. The van der Waals surface area contributed by atoms with Crippen molar-refractivity contribution in [2.75, 3.05) is 6.54 Å². The number of rotatable bonds is 2. The molecular weight excluding hydrogens is 174 g/mol. The van der Waals surface area contributed by atoms with E-state index in [-0.39, 0.29) is 11.3 Å². The Bertz CT molecular complexity index is 333. The van der Waals surface area contributed by atoms with Crippen LogP contribution in [0.1, 0.15) is 18.9 Å². The summed E-state index contributed by atoms with van der Waals surface area (Å²) < 4.78 is 0. The summed E-state index contributed by atoms with van der Waals surface area (Å²) in [5, 5.41) is 2.89. The fourth-order valence-electron chi connectivity index (χ4n) is 2.04. The number of carbonyl (C=O) groups is 1.